The maximum Gasteiger partial charge on any atom is 0.0343 e. The molecule has 2 rings (SSSR count). The van der Waals surface area contributed by atoms with Gasteiger partial charge in [0.05, 0.1) is 0 Å². The van der Waals surface area contributed by atoms with Crippen molar-refractivity contribution in [3.05, 3.63) is 40.5 Å². The van der Waals surface area contributed by atoms with Gasteiger partial charge in [0.1, 0.15) is 0 Å². The van der Waals surface area contributed by atoms with Crippen molar-refractivity contribution in [3.8, 4) is 0 Å². The summed E-state index contributed by atoms with van der Waals surface area (Å²) in [6, 6.07) is 2.05. The van der Waals surface area contributed by atoms with Gasteiger partial charge in [-0.2, -0.15) is 0 Å². The van der Waals surface area contributed by atoms with Crippen molar-refractivity contribution >= 4 is 12.2 Å². The van der Waals surface area contributed by atoms with Gasteiger partial charge in [-0.05, 0) is 29.8 Å². The molecule has 1 heterocycles. The molecular weight excluding hydrogens is 194 g/mol. The van der Waals surface area contributed by atoms with E-state index in [1.165, 1.54) is 16.0 Å². The third-order valence-corrected chi connectivity index (χ3v) is 2.05. The molecule has 0 atom stereocenters. The predicted molar refractivity (Wildman–Crippen MR) is 73.5 cm³/mol. The first kappa shape index (κ1) is 14.6. The van der Waals surface area contributed by atoms with Crippen molar-refractivity contribution in [2.24, 2.45) is 0 Å². The smallest absolute Gasteiger partial charge is 0.0343 e. The molecule has 0 spiro atoms. The Morgan fingerprint density at radius 2 is 1.69 bits per heavy atom. The molecule has 0 aliphatic heterocycles. The molecule has 0 fully saturated rings. The average molecular weight is 217 g/mol. The number of allylic oxidation sites excluding steroid dienone is 2. The van der Waals surface area contributed by atoms with Gasteiger partial charge in [-0.15, -0.1) is 0 Å². The Hall–Kier alpha value is -1.37. The van der Waals surface area contributed by atoms with E-state index in [-0.39, 0.29) is 0 Å². The van der Waals surface area contributed by atoms with Gasteiger partial charge >= 0.3 is 0 Å². The third kappa shape index (κ3) is 4.43. The second-order valence-electron chi connectivity index (χ2n) is 3.04. The van der Waals surface area contributed by atoms with Crippen LogP contribution in [0, 0.1) is 0 Å². The highest BCUT2D eigenvalue weighted by Gasteiger charge is 1.90. The van der Waals surface area contributed by atoms with Gasteiger partial charge in [0, 0.05) is 12.4 Å². The summed E-state index contributed by atoms with van der Waals surface area (Å²) < 4.78 is 0. The van der Waals surface area contributed by atoms with Crippen molar-refractivity contribution in [1.29, 1.82) is 0 Å². The van der Waals surface area contributed by atoms with Crippen molar-refractivity contribution in [2.45, 2.75) is 41.0 Å². The lowest BCUT2D eigenvalue weighted by molar-refractivity contribution is 1.27. The number of pyridine rings is 1. The van der Waals surface area contributed by atoms with E-state index >= 15 is 0 Å². The van der Waals surface area contributed by atoms with Gasteiger partial charge in [-0.25, -0.2) is 0 Å². The zero-order valence-electron chi connectivity index (χ0n) is 11.1. The minimum atomic E-state index is 1.01. The maximum absolute atomic E-state index is 4.09. The summed E-state index contributed by atoms with van der Waals surface area (Å²) in [5.41, 5.74) is 1.33. The third-order valence-electron chi connectivity index (χ3n) is 2.05. The minimum absolute atomic E-state index is 1.01. The van der Waals surface area contributed by atoms with E-state index in [0.717, 1.165) is 6.42 Å². The van der Waals surface area contributed by atoms with E-state index in [9.17, 15) is 0 Å². The molecular formula is C15H23N. The molecule has 1 aromatic heterocycles. The van der Waals surface area contributed by atoms with Crippen LogP contribution in [0.5, 0.6) is 0 Å². The number of fused-ring (bicyclic) bond motifs is 1. The zero-order valence-corrected chi connectivity index (χ0v) is 11.1. The summed E-state index contributed by atoms with van der Waals surface area (Å²) in [5.74, 6) is 0. The average Bonchev–Trinajstić information content (AvgIpc) is 2.55. The summed E-state index contributed by atoms with van der Waals surface area (Å²) in [7, 11) is 0. The summed E-state index contributed by atoms with van der Waals surface area (Å²) in [6.45, 7) is 10.1. The number of aromatic nitrogens is 1. The summed E-state index contributed by atoms with van der Waals surface area (Å²) in [5, 5.41) is 2.52. The van der Waals surface area contributed by atoms with Crippen LogP contribution in [-0.4, -0.2) is 4.98 Å². The van der Waals surface area contributed by atoms with Crippen molar-refractivity contribution < 1.29 is 0 Å². The Bertz CT molecular complexity index is 427. The van der Waals surface area contributed by atoms with Gasteiger partial charge in [-0.1, -0.05) is 51.5 Å². The van der Waals surface area contributed by atoms with Gasteiger partial charge in [0.25, 0.3) is 0 Å². The molecule has 88 valence electrons. The van der Waals surface area contributed by atoms with E-state index in [0.29, 0.717) is 0 Å². The predicted octanol–water partition coefficient (Wildman–Crippen LogP) is 3.05. The summed E-state index contributed by atoms with van der Waals surface area (Å²) in [4.78, 5) is 4.09. The lowest BCUT2D eigenvalue weighted by Crippen LogP contribution is -2.23. The Morgan fingerprint density at radius 3 is 2.38 bits per heavy atom. The number of rotatable bonds is 0. The first-order valence-electron chi connectivity index (χ1n) is 6.15. The number of hydrogen-bond donors (Lipinski definition) is 0. The van der Waals surface area contributed by atoms with E-state index < -0.39 is 0 Å². The van der Waals surface area contributed by atoms with Gasteiger partial charge in [0.2, 0.25) is 0 Å². The lowest BCUT2D eigenvalue weighted by Gasteiger charge is -1.87. The molecule has 1 heteroatoms. The maximum atomic E-state index is 4.09. The summed E-state index contributed by atoms with van der Waals surface area (Å²) >= 11 is 0. The first-order valence-corrected chi connectivity index (χ1v) is 6.15. The molecule has 0 aromatic carbocycles. The fourth-order valence-corrected chi connectivity index (χ4v) is 1.40. The highest BCUT2D eigenvalue weighted by Crippen LogP contribution is 1.98. The topological polar surface area (TPSA) is 12.9 Å². The molecule has 0 saturated carbocycles. The molecule has 0 N–H and O–H groups in total. The molecule has 0 bridgehead atoms. The van der Waals surface area contributed by atoms with Crippen LogP contribution in [0.4, 0.5) is 0 Å². The Kier molecular flexibility index (Phi) is 8.14. The van der Waals surface area contributed by atoms with Crippen molar-refractivity contribution in [3.63, 3.8) is 0 Å². The molecule has 1 aromatic rings. The number of nitrogens with zero attached hydrogens (tertiary/aromatic N) is 1. The van der Waals surface area contributed by atoms with Crippen LogP contribution in [0.3, 0.4) is 0 Å². The SMILES string of the molecule is CC.CC.CC1=CCC=c2cnccc2=C1. The van der Waals surface area contributed by atoms with Crippen LogP contribution in [0.2, 0.25) is 0 Å². The largest absolute Gasteiger partial charge is 0.264 e. The van der Waals surface area contributed by atoms with Crippen LogP contribution in [-0.2, 0) is 0 Å². The Morgan fingerprint density at radius 1 is 1.00 bits per heavy atom. The highest BCUT2D eigenvalue weighted by atomic mass is 14.6. The molecule has 1 nitrogen and oxygen atoms in total. The molecule has 1 aliphatic carbocycles. The molecule has 0 saturated heterocycles. The van der Waals surface area contributed by atoms with Crippen LogP contribution in [0.1, 0.15) is 41.0 Å². The minimum Gasteiger partial charge on any atom is -0.264 e. The van der Waals surface area contributed by atoms with Crippen LogP contribution in [0.15, 0.2) is 30.1 Å². The number of hydrogen-bond acceptors (Lipinski definition) is 1. The first-order chi connectivity index (χ1) is 7.86. The van der Waals surface area contributed by atoms with E-state index in [1.807, 2.05) is 40.1 Å². The van der Waals surface area contributed by atoms with E-state index in [4.69, 9.17) is 0 Å². The zero-order chi connectivity index (χ0) is 12.4. The molecule has 0 amide bonds. The van der Waals surface area contributed by atoms with Gasteiger partial charge < -0.3 is 0 Å². The monoisotopic (exact) mass is 217 g/mol. The normalized spacial score (nSPS) is 11.9. The quantitative estimate of drug-likeness (QED) is 0.651. The highest BCUT2D eigenvalue weighted by molar-refractivity contribution is 5.49. The van der Waals surface area contributed by atoms with Crippen molar-refractivity contribution in [1.82, 2.24) is 4.98 Å². The van der Waals surface area contributed by atoms with E-state index in [2.05, 4.69) is 36.2 Å². The van der Waals surface area contributed by atoms with Gasteiger partial charge in [-0.3, -0.25) is 4.98 Å². The van der Waals surface area contributed by atoms with Gasteiger partial charge in [0.15, 0.2) is 0 Å². The second kappa shape index (κ2) is 8.90. The molecule has 16 heavy (non-hydrogen) atoms. The standard InChI is InChI=1S/C11H11N.2C2H6/c1-9-3-2-4-11-8-12-6-5-10(11)7-9;2*1-2/h3-8H,2H2,1H3;2*1-2H3. The second-order valence-corrected chi connectivity index (χ2v) is 3.04. The van der Waals surface area contributed by atoms with Crippen LogP contribution in [0.25, 0.3) is 12.2 Å². The van der Waals surface area contributed by atoms with E-state index in [1.54, 1.807) is 0 Å². The lowest BCUT2D eigenvalue weighted by atomic mass is 10.2. The Balaban J connectivity index is 0.000000509. The fraction of sp³-hybridized carbons (Fsp3) is 0.400. The molecule has 1 aliphatic rings. The van der Waals surface area contributed by atoms with Crippen LogP contribution >= 0.6 is 0 Å². The molecule has 0 unspecified atom stereocenters. The van der Waals surface area contributed by atoms with Crippen molar-refractivity contribution in [2.75, 3.05) is 0 Å². The molecule has 0 radical (unpaired) electrons. The Labute approximate surface area is 99.2 Å². The fourth-order valence-electron chi connectivity index (χ4n) is 1.40. The summed E-state index contributed by atoms with van der Waals surface area (Å²) in [6.07, 6.45) is 11.4. The van der Waals surface area contributed by atoms with Crippen LogP contribution < -0.4 is 10.4 Å².